The van der Waals surface area contributed by atoms with Crippen LogP contribution in [0.4, 0.5) is 11.5 Å². The van der Waals surface area contributed by atoms with Gasteiger partial charge in [0.25, 0.3) is 0 Å². The number of fused-ring (bicyclic) bond motifs is 2. The van der Waals surface area contributed by atoms with Crippen LogP contribution >= 0.6 is 0 Å². The van der Waals surface area contributed by atoms with E-state index in [1.54, 1.807) is 0 Å². The molecule has 2 heterocycles. The molecular formula is C19H19N5O. The number of nitrogens with one attached hydrogen (secondary N) is 2. The van der Waals surface area contributed by atoms with E-state index in [9.17, 15) is 5.11 Å². The third-order valence-electron chi connectivity index (χ3n) is 4.68. The lowest BCUT2D eigenvalue weighted by Crippen LogP contribution is -2.30. The molecule has 2 aromatic carbocycles. The van der Waals surface area contributed by atoms with Gasteiger partial charge < -0.3 is 10.0 Å². The Hall–Kier alpha value is -2.99. The summed E-state index contributed by atoms with van der Waals surface area (Å²) < 4.78 is 1.42. The van der Waals surface area contributed by atoms with Crippen LogP contribution in [0.5, 0.6) is 0 Å². The van der Waals surface area contributed by atoms with Gasteiger partial charge in [0.1, 0.15) is 5.82 Å². The Morgan fingerprint density at radius 2 is 2.04 bits per heavy atom. The molecule has 1 aliphatic rings. The largest absolute Gasteiger partial charge is 0.392 e. The van der Waals surface area contributed by atoms with E-state index in [-0.39, 0.29) is 12.2 Å². The van der Waals surface area contributed by atoms with Gasteiger partial charge in [0, 0.05) is 17.6 Å². The van der Waals surface area contributed by atoms with Crippen LogP contribution in [0.25, 0.3) is 10.9 Å². The Kier molecular flexibility index (Phi) is 3.82. The van der Waals surface area contributed by atoms with E-state index in [0.717, 1.165) is 48.2 Å². The third-order valence-corrected chi connectivity index (χ3v) is 4.68. The summed E-state index contributed by atoms with van der Waals surface area (Å²) in [5.41, 5.74) is 3.88. The predicted octanol–water partition coefficient (Wildman–Crippen LogP) is 2.55. The molecule has 0 unspecified atom stereocenters. The number of aryl methyl sites for hydroxylation is 1. The Morgan fingerprint density at radius 3 is 2.84 bits per heavy atom. The molecule has 0 radical (unpaired) electrons. The molecule has 3 N–H and O–H groups in total. The first kappa shape index (κ1) is 15.5. The highest BCUT2D eigenvalue weighted by molar-refractivity contribution is 5.95. The summed E-state index contributed by atoms with van der Waals surface area (Å²) in [6, 6.07) is 13.9. The third kappa shape index (κ3) is 2.51. The van der Waals surface area contributed by atoms with Crippen molar-refractivity contribution in [1.82, 2.24) is 9.55 Å². The molecule has 0 spiro atoms. The molecule has 0 fully saturated rings. The Labute approximate surface area is 145 Å². The number of hydrogen-bond donors (Lipinski definition) is 3. The van der Waals surface area contributed by atoms with Crippen LogP contribution in [0, 0.1) is 10.8 Å². The molecule has 1 aromatic heterocycles. The van der Waals surface area contributed by atoms with Crippen molar-refractivity contribution in [1.29, 1.82) is 10.8 Å². The minimum absolute atomic E-state index is 0.00986. The summed E-state index contributed by atoms with van der Waals surface area (Å²) >= 11 is 0. The fourth-order valence-electron chi connectivity index (χ4n) is 3.48. The van der Waals surface area contributed by atoms with Crippen LogP contribution in [0.2, 0.25) is 0 Å². The molecule has 0 saturated heterocycles. The Morgan fingerprint density at radius 1 is 1.20 bits per heavy atom. The molecule has 126 valence electrons. The normalized spacial score (nSPS) is 13.7. The molecule has 0 amide bonds. The van der Waals surface area contributed by atoms with Gasteiger partial charge in [-0.2, -0.15) is 4.98 Å². The van der Waals surface area contributed by atoms with Crippen molar-refractivity contribution in [3.8, 4) is 0 Å². The SMILES string of the molecule is N=Cn1c(=N)nc(N2CCCc3ccccc32)c2ccc(CO)cc21. The highest BCUT2D eigenvalue weighted by Crippen LogP contribution is 2.35. The van der Waals surface area contributed by atoms with Crippen molar-refractivity contribution in [2.24, 2.45) is 0 Å². The number of anilines is 2. The van der Waals surface area contributed by atoms with Crippen molar-refractivity contribution in [2.75, 3.05) is 11.4 Å². The smallest absolute Gasteiger partial charge is 0.229 e. The van der Waals surface area contributed by atoms with Crippen LogP contribution < -0.4 is 10.5 Å². The van der Waals surface area contributed by atoms with E-state index in [2.05, 4.69) is 22.0 Å². The Bertz CT molecular complexity index is 1020. The first-order valence-electron chi connectivity index (χ1n) is 8.29. The molecular weight excluding hydrogens is 314 g/mol. The molecule has 0 bridgehead atoms. The molecule has 4 rings (SSSR count). The van der Waals surface area contributed by atoms with Gasteiger partial charge in [0.05, 0.1) is 18.5 Å². The van der Waals surface area contributed by atoms with Crippen LogP contribution in [0.3, 0.4) is 0 Å². The summed E-state index contributed by atoms with van der Waals surface area (Å²) in [7, 11) is 0. The monoisotopic (exact) mass is 333 g/mol. The van der Waals surface area contributed by atoms with Crippen molar-refractivity contribution in [3.63, 3.8) is 0 Å². The zero-order chi connectivity index (χ0) is 17.4. The molecule has 6 nitrogen and oxygen atoms in total. The second-order valence-electron chi connectivity index (χ2n) is 6.15. The number of para-hydroxylation sites is 1. The van der Waals surface area contributed by atoms with Crippen molar-refractivity contribution < 1.29 is 5.11 Å². The minimum Gasteiger partial charge on any atom is -0.392 e. The lowest BCUT2D eigenvalue weighted by molar-refractivity contribution is 0.282. The van der Waals surface area contributed by atoms with Gasteiger partial charge in [0.15, 0.2) is 0 Å². The maximum atomic E-state index is 9.44. The molecule has 0 atom stereocenters. The average molecular weight is 333 g/mol. The molecule has 1 aliphatic heterocycles. The van der Waals surface area contributed by atoms with Crippen molar-refractivity contribution >= 4 is 28.7 Å². The van der Waals surface area contributed by atoms with Crippen LogP contribution in [-0.2, 0) is 13.0 Å². The summed E-state index contributed by atoms with van der Waals surface area (Å²) in [6.07, 6.45) is 3.16. The number of rotatable bonds is 3. The first-order valence-corrected chi connectivity index (χ1v) is 8.29. The number of nitrogens with zero attached hydrogens (tertiary/aromatic N) is 3. The minimum atomic E-state index is -0.0779. The lowest BCUT2D eigenvalue weighted by Gasteiger charge is -2.31. The van der Waals surface area contributed by atoms with Crippen LogP contribution in [0.15, 0.2) is 42.5 Å². The zero-order valence-corrected chi connectivity index (χ0v) is 13.7. The molecule has 0 saturated carbocycles. The van der Waals surface area contributed by atoms with Gasteiger partial charge in [-0.1, -0.05) is 24.3 Å². The Balaban J connectivity index is 2.01. The standard InChI is InChI=1S/C19H19N5O/c20-12-24-17-10-13(11-25)7-8-15(17)18(22-19(24)21)23-9-3-5-14-4-1-2-6-16(14)23/h1-2,4,6-8,10,12,20-21,25H,3,5,9,11H2. The highest BCUT2D eigenvalue weighted by atomic mass is 16.3. The van der Waals surface area contributed by atoms with Gasteiger partial charge >= 0.3 is 0 Å². The van der Waals surface area contributed by atoms with E-state index in [1.807, 2.05) is 30.3 Å². The van der Waals surface area contributed by atoms with E-state index >= 15 is 0 Å². The predicted molar refractivity (Wildman–Crippen MR) is 97.5 cm³/mol. The molecule has 6 heteroatoms. The van der Waals surface area contributed by atoms with Crippen molar-refractivity contribution in [3.05, 3.63) is 59.2 Å². The highest BCUT2D eigenvalue weighted by Gasteiger charge is 2.21. The number of hydrogen-bond acceptors (Lipinski definition) is 5. The van der Waals surface area contributed by atoms with Gasteiger partial charge in [0.2, 0.25) is 5.62 Å². The van der Waals surface area contributed by atoms with Crippen LogP contribution in [-0.4, -0.2) is 27.5 Å². The fourth-order valence-corrected chi connectivity index (χ4v) is 3.48. The number of aliphatic hydroxyl groups excluding tert-OH is 1. The summed E-state index contributed by atoms with van der Waals surface area (Å²) in [4.78, 5) is 6.65. The van der Waals surface area contributed by atoms with E-state index in [1.165, 1.54) is 10.1 Å². The molecule has 0 aliphatic carbocycles. The van der Waals surface area contributed by atoms with Crippen LogP contribution in [0.1, 0.15) is 17.5 Å². The molecule has 25 heavy (non-hydrogen) atoms. The number of aromatic nitrogens is 2. The van der Waals surface area contributed by atoms with Crippen molar-refractivity contribution in [2.45, 2.75) is 19.4 Å². The number of benzene rings is 2. The first-order chi connectivity index (χ1) is 12.2. The molecule has 3 aromatic rings. The van der Waals surface area contributed by atoms with E-state index in [0.29, 0.717) is 5.52 Å². The fraction of sp³-hybridized carbons (Fsp3) is 0.211. The lowest BCUT2D eigenvalue weighted by atomic mass is 10.0. The van der Waals surface area contributed by atoms with E-state index < -0.39 is 0 Å². The summed E-state index contributed by atoms with van der Waals surface area (Å²) in [6.45, 7) is 0.764. The topological polar surface area (TPSA) is 89.0 Å². The van der Waals surface area contributed by atoms with Gasteiger partial charge in [-0.15, -0.1) is 0 Å². The van der Waals surface area contributed by atoms with Gasteiger partial charge in [-0.3, -0.25) is 15.4 Å². The quantitative estimate of drug-likeness (QED) is 0.508. The maximum Gasteiger partial charge on any atom is 0.229 e. The van der Waals surface area contributed by atoms with Gasteiger partial charge in [-0.25, -0.2) is 0 Å². The maximum absolute atomic E-state index is 9.44. The second kappa shape index (κ2) is 6.14. The zero-order valence-electron chi connectivity index (χ0n) is 13.7. The summed E-state index contributed by atoms with van der Waals surface area (Å²) in [5.74, 6) is 0.731. The second-order valence-corrected chi connectivity index (χ2v) is 6.15. The average Bonchev–Trinajstić information content (AvgIpc) is 2.66. The summed E-state index contributed by atoms with van der Waals surface area (Å²) in [5, 5.41) is 26.2. The van der Waals surface area contributed by atoms with Gasteiger partial charge in [-0.05, 0) is 42.2 Å². The van der Waals surface area contributed by atoms with E-state index in [4.69, 9.17) is 10.8 Å². The number of aliphatic hydroxyl groups is 1.